The van der Waals surface area contributed by atoms with E-state index in [9.17, 15) is 0 Å². The van der Waals surface area contributed by atoms with Crippen LogP contribution in [0.1, 0.15) is 0 Å². The van der Waals surface area contributed by atoms with Crippen molar-refractivity contribution >= 4 is 130 Å². The predicted molar refractivity (Wildman–Crippen MR) is 547 cm³/mol. The lowest BCUT2D eigenvalue weighted by Crippen LogP contribution is -1.99. The average molecular weight is 1650 g/mol. The molecule has 0 aliphatic rings. The van der Waals surface area contributed by atoms with E-state index in [4.69, 9.17) is 19.9 Å². The van der Waals surface area contributed by atoms with Gasteiger partial charge in [0.05, 0.1) is 78.3 Å². The monoisotopic (exact) mass is 1650 g/mol. The van der Waals surface area contributed by atoms with Gasteiger partial charge in [0, 0.05) is 54.6 Å². The zero-order chi connectivity index (χ0) is 85.7. The molecule has 0 saturated carbocycles. The smallest absolute Gasteiger partial charge is 0.0979 e. The third-order valence-corrected chi connectivity index (χ3v) is 26.4. The van der Waals surface area contributed by atoms with E-state index in [2.05, 4.69) is 458 Å². The van der Waals surface area contributed by atoms with Crippen molar-refractivity contribution in [2.45, 2.75) is 0 Å². The Labute approximate surface area is 750 Å². The Morgan fingerprint density at radius 3 is 0.800 bits per heavy atom. The molecule has 604 valence electrons. The summed E-state index contributed by atoms with van der Waals surface area (Å²) >= 11 is 0. The summed E-state index contributed by atoms with van der Waals surface area (Å²) in [6.45, 7) is 0. The van der Waals surface area contributed by atoms with Gasteiger partial charge >= 0.3 is 0 Å². The minimum atomic E-state index is 0.855. The van der Waals surface area contributed by atoms with E-state index in [-0.39, 0.29) is 0 Å². The van der Waals surface area contributed by atoms with E-state index < -0.39 is 0 Å². The van der Waals surface area contributed by atoms with Crippen molar-refractivity contribution in [3.05, 3.63) is 473 Å². The van der Waals surface area contributed by atoms with Crippen LogP contribution < -0.4 is 0 Å². The number of para-hydroxylation sites is 4. The Balaban J connectivity index is 0.000000140. The van der Waals surface area contributed by atoms with Crippen LogP contribution in [-0.4, -0.2) is 29.1 Å². The molecule has 22 aromatic carbocycles. The molecule has 0 unspecified atom stereocenters. The first-order valence-electron chi connectivity index (χ1n) is 44.5. The molecule has 0 radical (unpaired) electrons. The molecule has 0 amide bonds. The van der Waals surface area contributed by atoms with Crippen LogP contribution in [0.5, 0.6) is 0 Å². The van der Waals surface area contributed by atoms with Crippen LogP contribution in [0.25, 0.3) is 253 Å². The zero-order valence-corrected chi connectivity index (χ0v) is 70.7. The average Bonchev–Trinajstić information content (AvgIpc) is 1.55. The highest BCUT2D eigenvalue weighted by Gasteiger charge is 2.27. The lowest BCUT2D eigenvalue weighted by atomic mass is 9.94. The van der Waals surface area contributed by atoms with Gasteiger partial charge in [-0.2, -0.15) is 0 Å². The molecule has 4 heterocycles. The fourth-order valence-corrected chi connectivity index (χ4v) is 20.3. The molecule has 4 aromatic heterocycles. The molecule has 0 aliphatic heterocycles. The van der Waals surface area contributed by atoms with E-state index in [1.807, 2.05) is 24.3 Å². The molecule has 6 nitrogen and oxygen atoms in total. The summed E-state index contributed by atoms with van der Waals surface area (Å²) in [4.78, 5) is 21.6. The van der Waals surface area contributed by atoms with Crippen molar-refractivity contribution in [1.29, 1.82) is 0 Å². The first-order chi connectivity index (χ1) is 64.5. The Bertz CT molecular complexity index is 8990. The number of hydrogen-bond acceptors (Lipinski definition) is 4. The summed E-state index contributed by atoms with van der Waals surface area (Å²) in [5, 5.41) is 19.5. The molecule has 26 aromatic rings. The van der Waals surface area contributed by atoms with Gasteiger partial charge in [0.2, 0.25) is 0 Å². The van der Waals surface area contributed by atoms with Crippen molar-refractivity contribution in [1.82, 2.24) is 29.1 Å². The molecule has 0 atom stereocenters. The van der Waals surface area contributed by atoms with E-state index in [1.165, 1.54) is 142 Å². The van der Waals surface area contributed by atoms with Crippen molar-refractivity contribution in [2.75, 3.05) is 0 Å². The fourth-order valence-electron chi connectivity index (χ4n) is 20.3. The zero-order valence-electron chi connectivity index (χ0n) is 70.7. The fraction of sp³-hybridized carbons (Fsp3) is 0. The Kier molecular flexibility index (Phi) is 18.2. The molecule has 130 heavy (non-hydrogen) atoms. The van der Waals surface area contributed by atoms with Gasteiger partial charge in [-0.15, -0.1) is 0 Å². The number of aromatic nitrogens is 6. The van der Waals surface area contributed by atoms with E-state index in [0.29, 0.717) is 0 Å². The molecule has 0 aliphatic carbocycles. The Morgan fingerprint density at radius 2 is 0.400 bits per heavy atom. The van der Waals surface area contributed by atoms with Crippen molar-refractivity contribution in [2.24, 2.45) is 0 Å². The van der Waals surface area contributed by atoms with Gasteiger partial charge in [0.25, 0.3) is 0 Å². The van der Waals surface area contributed by atoms with Crippen LogP contribution >= 0.6 is 0 Å². The van der Waals surface area contributed by atoms with Gasteiger partial charge in [0.15, 0.2) is 0 Å². The van der Waals surface area contributed by atoms with Crippen LogP contribution in [-0.2, 0) is 0 Å². The molecule has 0 N–H and O–H groups in total. The number of rotatable bonds is 12. The van der Waals surface area contributed by atoms with E-state index in [1.54, 1.807) is 0 Å². The van der Waals surface area contributed by atoms with Crippen LogP contribution in [0.3, 0.4) is 0 Å². The third kappa shape index (κ3) is 12.8. The second kappa shape index (κ2) is 31.4. The van der Waals surface area contributed by atoms with Crippen LogP contribution in [0.2, 0.25) is 0 Å². The van der Waals surface area contributed by atoms with Gasteiger partial charge in [-0.1, -0.05) is 406 Å². The summed E-state index contributed by atoms with van der Waals surface area (Å²) < 4.78 is 5.00. The van der Waals surface area contributed by atoms with Gasteiger partial charge in [-0.05, 0) is 187 Å². The summed E-state index contributed by atoms with van der Waals surface area (Å²) in [7, 11) is 0. The Morgan fingerprint density at radius 1 is 0.138 bits per heavy atom. The second-order valence-corrected chi connectivity index (χ2v) is 33.7. The normalized spacial score (nSPS) is 11.7. The molecule has 0 saturated heterocycles. The number of nitrogens with zero attached hydrogens (tertiary/aromatic N) is 6. The minimum absolute atomic E-state index is 0.855. The molecule has 6 heteroatoms. The quantitative estimate of drug-likeness (QED) is 0.122. The highest BCUT2D eigenvalue weighted by molar-refractivity contribution is 6.32. The first-order valence-corrected chi connectivity index (χ1v) is 44.5. The maximum atomic E-state index is 5.43. The third-order valence-electron chi connectivity index (χ3n) is 26.4. The van der Waals surface area contributed by atoms with Crippen LogP contribution in [0.4, 0.5) is 0 Å². The summed E-state index contributed by atoms with van der Waals surface area (Å²) in [5.41, 5.74) is 32.2. The van der Waals surface area contributed by atoms with Crippen molar-refractivity contribution in [3.8, 4) is 123 Å². The molecule has 0 spiro atoms. The highest BCUT2D eigenvalue weighted by Crippen LogP contribution is 2.50. The lowest BCUT2D eigenvalue weighted by molar-refractivity contribution is 1.20. The standard InChI is InChI=1S/2C62H39N3/c1-3-16-40(17-4-1)45-21-13-22-46(38-45)41-32-34-44(35-33-41)61-62(64-55-30-12-11-29-54(55)63-61)52-28-14-27-50-48(52)26-15-31-56(50)65-57-37-36-43-20-7-8-23-47(43)59(57)60-51-25-10-9-24-49(51)53(39-58(60)65)42-18-5-2-6-19-42;1-3-15-40(16-4-1)41-29-31-42(32-30-41)43-33-35-46(36-34-43)61-62(64-55-27-12-11-26-54(55)63-61)52-25-13-24-50-48(52)23-14-28-56(50)65-57-38-37-45-19-7-8-20-47(45)59(57)60-51-22-10-9-21-49(51)53(39-58(60)65)44-17-5-2-6-18-44/h2*1-39H. The number of hydrogen-bond donors (Lipinski definition) is 0. The lowest BCUT2D eigenvalue weighted by Gasteiger charge is -2.17. The maximum absolute atomic E-state index is 5.43. The molecule has 26 rings (SSSR count). The minimum Gasteiger partial charge on any atom is -0.309 e. The van der Waals surface area contributed by atoms with Crippen LogP contribution in [0.15, 0.2) is 473 Å². The summed E-state index contributed by atoms with van der Waals surface area (Å²) in [6, 6.07) is 170. The van der Waals surface area contributed by atoms with E-state index >= 15 is 0 Å². The largest absolute Gasteiger partial charge is 0.309 e. The summed E-state index contributed by atoms with van der Waals surface area (Å²) in [6.07, 6.45) is 0. The molecular formula is C124H78N6. The topological polar surface area (TPSA) is 61.4 Å². The van der Waals surface area contributed by atoms with Gasteiger partial charge < -0.3 is 9.13 Å². The van der Waals surface area contributed by atoms with Crippen LogP contribution in [0, 0.1) is 0 Å². The SMILES string of the molecule is c1ccc(-c2ccc(-c3ccc(-c4nc5ccccc5nc4-c4cccc5c(-n6c7ccc8ccccc8c7c7c8ccccc8c(-c8ccccc8)cc76)cccc45)cc3)cc2)cc1.c1ccc(-c2cccc(-c3ccc(-c4nc5ccccc5nc4-c4cccc5c(-n6c7ccc8ccccc8c7c7c8ccccc8c(-c8ccccc8)cc76)cccc45)cc3)c2)cc1. The second-order valence-electron chi connectivity index (χ2n) is 33.7. The molecule has 0 bridgehead atoms. The molecular weight excluding hydrogens is 1570 g/mol. The van der Waals surface area contributed by atoms with Gasteiger partial charge in [-0.25, -0.2) is 19.9 Å². The van der Waals surface area contributed by atoms with Crippen molar-refractivity contribution in [3.63, 3.8) is 0 Å². The predicted octanol–water partition coefficient (Wildman–Crippen LogP) is 33.0. The van der Waals surface area contributed by atoms with Gasteiger partial charge in [-0.3, -0.25) is 0 Å². The number of fused-ring (bicyclic) bond motifs is 18. The van der Waals surface area contributed by atoms with Gasteiger partial charge in [0.1, 0.15) is 0 Å². The maximum Gasteiger partial charge on any atom is 0.0979 e. The molecule has 0 fully saturated rings. The Hall–Kier alpha value is -17.3. The van der Waals surface area contributed by atoms with Crippen molar-refractivity contribution < 1.29 is 0 Å². The van der Waals surface area contributed by atoms with E-state index in [0.717, 1.165) is 111 Å². The number of benzene rings is 22. The highest BCUT2D eigenvalue weighted by atomic mass is 15.0. The first kappa shape index (κ1) is 75.2. The summed E-state index contributed by atoms with van der Waals surface area (Å²) in [5.74, 6) is 0.